The number of benzene rings is 3. The quantitative estimate of drug-likeness (QED) is 0.270. The zero-order valence-electron chi connectivity index (χ0n) is 20.5. The summed E-state index contributed by atoms with van der Waals surface area (Å²) in [7, 11) is 2.11. The van der Waals surface area contributed by atoms with Crippen molar-refractivity contribution in [3.8, 4) is 22.8 Å². The molecule has 0 N–H and O–H groups in total. The number of ether oxygens (including phenoxy) is 1. The van der Waals surface area contributed by atoms with Crippen LogP contribution in [-0.2, 0) is 18.9 Å². The number of rotatable bonds is 2. The summed E-state index contributed by atoms with van der Waals surface area (Å²) < 4.78 is 9.08. The molecule has 0 radical (unpaired) electrons. The maximum Gasteiger partial charge on any atom is 0.287 e. The lowest BCUT2D eigenvalue weighted by atomic mass is 9.78. The number of aryl methyl sites for hydroxylation is 2. The molecule has 1 aliphatic carbocycles. The molecule has 2 aliphatic rings. The second kappa shape index (κ2) is 7.28. The van der Waals surface area contributed by atoms with Gasteiger partial charge in [0.25, 0.3) is 6.33 Å². The Morgan fingerprint density at radius 1 is 1.06 bits per heavy atom. The number of fused-ring (bicyclic) bond motifs is 3. The van der Waals surface area contributed by atoms with Crippen LogP contribution < -0.4 is 9.30 Å². The van der Waals surface area contributed by atoms with Gasteiger partial charge in [0, 0.05) is 5.56 Å². The van der Waals surface area contributed by atoms with Crippen LogP contribution in [0.3, 0.4) is 0 Å². The molecule has 0 atom stereocenters. The summed E-state index contributed by atoms with van der Waals surface area (Å²) in [6, 6.07) is 13.4. The van der Waals surface area contributed by atoms with Crippen molar-refractivity contribution in [2.75, 3.05) is 0 Å². The summed E-state index contributed by atoms with van der Waals surface area (Å²) in [5.74, 6) is 2.78. The van der Waals surface area contributed by atoms with Gasteiger partial charge in [0.2, 0.25) is 0 Å². The topological polar surface area (TPSA) is 26.0 Å². The van der Waals surface area contributed by atoms with Crippen molar-refractivity contribution in [2.45, 2.75) is 65.2 Å². The van der Waals surface area contributed by atoms with Gasteiger partial charge in [-0.15, -0.1) is 0 Å². The minimum Gasteiger partial charge on any atom is -0.455 e. The van der Waals surface area contributed by atoms with Gasteiger partial charge in [-0.2, -0.15) is 0 Å². The van der Waals surface area contributed by atoms with Crippen LogP contribution >= 0.6 is 0 Å². The van der Waals surface area contributed by atoms with Gasteiger partial charge >= 0.3 is 0 Å². The molecule has 0 saturated heterocycles. The molecule has 1 fully saturated rings. The maximum atomic E-state index is 6.90. The smallest absolute Gasteiger partial charge is 0.287 e. The van der Waals surface area contributed by atoms with Gasteiger partial charge < -0.3 is 4.74 Å². The Hall–Kier alpha value is -2.94. The van der Waals surface area contributed by atoms with Gasteiger partial charge in [-0.25, -0.2) is 4.57 Å². The monoisotopic (exact) mass is 437 g/mol. The average Bonchev–Trinajstić information content (AvgIpc) is 3.28. The first-order valence-corrected chi connectivity index (χ1v) is 12.4. The summed E-state index contributed by atoms with van der Waals surface area (Å²) in [5.41, 5.74) is 7.34. The summed E-state index contributed by atoms with van der Waals surface area (Å²) >= 11 is 0. The highest BCUT2D eigenvalue weighted by atomic mass is 16.5. The normalized spacial score (nSPS) is 15.8. The predicted octanol–water partition coefficient (Wildman–Crippen LogP) is 7.32. The van der Waals surface area contributed by atoms with Crippen LogP contribution in [0.2, 0.25) is 0 Å². The molecule has 1 saturated carbocycles. The molecule has 2 heterocycles. The third kappa shape index (κ3) is 3.16. The van der Waals surface area contributed by atoms with Gasteiger partial charge in [0.1, 0.15) is 16.9 Å². The molecule has 1 aliphatic heterocycles. The molecule has 6 rings (SSSR count). The summed E-state index contributed by atoms with van der Waals surface area (Å²) in [6.45, 7) is 9.12. The summed E-state index contributed by atoms with van der Waals surface area (Å²) in [6.07, 6.45) is 8.53. The van der Waals surface area contributed by atoms with Crippen molar-refractivity contribution in [1.29, 1.82) is 0 Å². The third-order valence-corrected chi connectivity index (χ3v) is 7.73. The van der Waals surface area contributed by atoms with E-state index in [1.54, 1.807) is 0 Å². The van der Waals surface area contributed by atoms with E-state index >= 15 is 0 Å². The van der Waals surface area contributed by atoms with Crippen LogP contribution in [0.5, 0.6) is 11.5 Å². The lowest BCUT2D eigenvalue weighted by molar-refractivity contribution is -0.662. The Morgan fingerprint density at radius 3 is 2.52 bits per heavy atom. The largest absolute Gasteiger partial charge is 0.455 e. The second-order valence-corrected chi connectivity index (χ2v) is 11.1. The molecule has 4 aromatic rings. The van der Waals surface area contributed by atoms with E-state index in [0.29, 0.717) is 0 Å². The molecule has 0 amide bonds. The van der Waals surface area contributed by atoms with Crippen molar-refractivity contribution in [3.63, 3.8) is 0 Å². The molecule has 0 bridgehead atoms. The Kier molecular flexibility index (Phi) is 4.56. The van der Waals surface area contributed by atoms with Crippen LogP contribution in [0, 0.1) is 12.8 Å². The van der Waals surface area contributed by atoms with Gasteiger partial charge in [-0.1, -0.05) is 70.7 Å². The van der Waals surface area contributed by atoms with Crippen molar-refractivity contribution in [1.82, 2.24) is 4.98 Å². The van der Waals surface area contributed by atoms with Crippen molar-refractivity contribution in [2.24, 2.45) is 13.0 Å². The van der Waals surface area contributed by atoms with E-state index in [4.69, 9.17) is 9.72 Å². The van der Waals surface area contributed by atoms with Crippen LogP contribution in [0.15, 0.2) is 42.7 Å². The Balaban J connectivity index is 1.68. The Morgan fingerprint density at radius 2 is 1.79 bits per heavy atom. The van der Waals surface area contributed by atoms with Crippen LogP contribution in [-0.4, -0.2) is 4.98 Å². The first-order chi connectivity index (χ1) is 15.8. The molecular formula is C30H33N2O+. The number of aromatic nitrogens is 2. The lowest BCUT2D eigenvalue weighted by Gasteiger charge is -2.31. The molecule has 3 heteroatoms. The minimum absolute atomic E-state index is 0.0545. The van der Waals surface area contributed by atoms with Gasteiger partial charge in [-0.3, -0.25) is 0 Å². The molecule has 0 spiro atoms. The number of hydrogen-bond acceptors (Lipinski definition) is 2. The zero-order valence-corrected chi connectivity index (χ0v) is 20.5. The fourth-order valence-electron chi connectivity index (χ4n) is 6.25. The number of hydrogen-bond donors (Lipinski definition) is 0. The van der Waals surface area contributed by atoms with Crippen LogP contribution in [0.4, 0.5) is 0 Å². The molecular weight excluding hydrogens is 404 g/mol. The fourth-order valence-corrected chi connectivity index (χ4v) is 6.25. The van der Waals surface area contributed by atoms with Crippen LogP contribution in [0.1, 0.15) is 63.1 Å². The van der Waals surface area contributed by atoms with E-state index in [9.17, 15) is 0 Å². The Labute approximate surface area is 196 Å². The van der Waals surface area contributed by atoms with Crippen molar-refractivity contribution in [3.05, 3.63) is 59.4 Å². The predicted molar refractivity (Wildman–Crippen MR) is 135 cm³/mol. The first kappa shape index (κ1) is 20.7. The van der Waals surface area contributed by atoms with E-state index in [1.807, 2.05) is 6.33 Å². The average molecular weight is 438 g/mol. The Bertz CT molecular complexity index is 1420. The van der Waals surface area contributed by atoms with Gasteiger partial charge in [0.15, 0.2) is 11.2 Å². The van der Waals surface area contributed by atoms with Gasteiger partial charge in [-0.05, 0) is 63.7 Å². The number of nitrogens with zero attached hydrogens (tertiary/aromatic N) is 2. The molecule has 0 unspecified atom stereocenters. The molecule has 33 heavy (non-hydrogen) atoms. The molecule has 1 aromatic heterocycles. The molecule has 3 nitrogen and oxygen atoms in total. The highest BCUT2D eigenvalue weighted by Crippen LogP contribution is 2.53. The van der Waals surface area contributed by atoms with E-state index in [2.05, 4.69) is 75.7 Å². The van der Waals surface area contributed by atoms with Gasteiger partial charge in [0.05, 0.1) is 12.6 Å². The van der Waals surface area contributed by atoms with E-state index in [1.165, 1.54) is 64.4 Å². The first-order valence-electron chi connectivity index (χ1n) is 12.4. The van der Waals surface area contributed by atoms with E-state index in [-0.39, 0.29) is 5.41 Å². The van der Waals surface area contributed by atoms with E-state index in [0.717, 1.165) is 34.7 Å². The molecule has 3 aromatic carbocycles. The highest BCUT2D eigenvalue weighted by molar-refractivity contribution is 6.06. The standard InChI is InChI=1S/C30H33N2O/c1-18-21-12-8-9-13-22(21)27(30(2,3)4)29-25(18)28-26-23(31-17-32(28)5)15-20(16-24(26)33-29)14-19-10-6-7-11-19/h8-9,12-13,15-17,19H,6-7,10-11,14H2,1-5H3/q+1. The highest BCUT2D eigenvalue weighted by Gasteiger charge is 2.35. The van der Waals surface area contributed by atoms with Crippen molar-refractivity contribution < 1.29 is 9.30 Å². The minimum atomic E-state index is -0.0545. The lowest BCUT2D eigenvalue weighted by Crippen LogP contribution is -2.33. The second-order valence-electron chi connectivity index (χ2n) is 11.1. The molecule has 168 valence electrons. The third-order valence-electron chi connectivity index (χ3n) is 7.73. The van der Waals surface area contributed by atoms with Crippen LogP contribution in [0.25, 0.3) is 32.9 Å². The summed E-state index contributed by atoms with van der Waals surface area (Å²) in [4.78, 5) is 4.84. The maximum absolute atomic E-state index is 6.90. The SMILES string of the molecule is Cc1c2c(c(C(C)(C)C)c3ccccc13)Oc1cc(CC3CCCC3)cc3nc[n+](C)c-2c13. The fraction of sp³-hybridized carbons (Fsp3) is 0.400. The van der Waals surface area contributed by atoms with Crippen molar-refractivity contribution >= 4 is 21.7 Å². The van der Waals surface area contributed by atoms with E-state index < -0.39 is 0 Å². The summed E-state index contributed by atoms with van der Waals surface area (Å²) in [5, 5.41) is 3.73. The zero-order chi connectivity index (χ0) is 22.9.